The van der Waals surface area contributed by atoms with Gasteiger partial charge in [-0.2, -0.15) is 0 Å². The summed E-state index contributed by atoms with van der Waals surface area (Å²) in [4.78, 5) is 34.8. The number of likely N-dealkylation sites (N-methyl/N-ethyl adjacent to an activating group) is 1. The Hall–Kier alpha value is -3.55. The smallest absolute Gasteiger partial charge is 0.257 e. The lowest BCUT2D eigenvalue weighted by molar-refractivity contribution is 0.102. The third-order valence-electron chi connectivity index (χ3n) is 5.61. The number of aliphatic imine (C=N–C) groups is 1. The molecule has 1 heterocycles. The molecule has 1 aliphatic rings. The van der Waals surface area contributed by atoms with E-state index in [2.05, 4.69) is 20.5 Å². The summed E-state index contributed by atoms with van der Waals surface area (Å²) in [6.07, 6.45) is 0. The van der Waals surface area contributed by atoms with Crippen molar-refractivity contribution in [1.82, 2.24) is 4.90 Å². The van der Waals surface area contributed by atoms with Gasteiger partial charge in [0, 0.05) is 54.5 Å². The summed E-state index contributed by atoms with van der Waals surface area (Å²) < 4.78 is 0. The number of hydrogen-bond donors (Lipinski definition) is 2. The molecular weight excluding hydrogens is 485 g/mol. The molecule has 0 atom stereocenters. The number of rotatable bonds is 6. The van der Waals surface area contributed by atoms with Crippen molar-refractivity contribution >= 4 is 57.9 Å². The second-order valence-corrected chi connectivity index (χ2v) is 9.23. The van der Waals surface area contributed by atoms with Crippen LogP contribution in [-0.2, 0) is 0 Å². The Bertz CT molecular complexity index is 1290. The van der Waals surface area contributed by atoms with Crippen LogP contribution in [0.15, 0.2) is 65.7 Å². The first-order valence-electron chi connectivity index (χ1n) is 11.0. The first-order chi connectivity index (χ1) is 16.7. The highest BCUT2D eigenvalue weighted by Crippen LogP contribution is 2.33. The minimum atomic E-state index is -0.411. The summed E-state index contributed by atoms with van der Waals surface area (Å²) in [6, 6.07) is 17.2. The van der Waals surface area contributed by atoms with Gasteiger partial charge in [-0.3, -0.25) is 14.6 Å². The molecule has 0 spiro atoms. The van der Waals surface area contributed by atoms with Crippen LogP contribution in [0.25, 0.3) is 0 Å². The van der Waals surface area contributed by atoms with Crippen molar-refractivity contribution in [2.24, 2.45) is 4.99 Å². The van der Waals surface area contributed by atoms with Gasteiger partial charge in [-0.05, 0) is 48.5 Å². The van der Waals surface area contributed by atoms with Gasteiger partial charge < -0.3 is 20.4 Å². The van der Waals surface area contributed by atoms with Crippen molar-refractivity contribution < 1.29 is 9.59 Å². The van der Waals surface area contributed by atoms with Crippen LogP contribution in [0.1, 0.15) is 26.3 Å². The van der Waals surface area contributed by atoms with E-state index in [1.54, 1.807) is 47.4 Å². The van der Waals surface area contributed by atoms with Crippen LogP contribution in [0, 0.1) is 0 Å². The summed E-state index contributed by atoms with van der Waals surface area (Å²) >= 11 is 12.3. The number of carbonyl (C=O) groups is 2. The summed E-state index contributed by atoms with van der Waals surface area (Å²) in [6.45, 7) is 1.64. The van der Waals surface area contributed by atoms with Gasteiger partial charge in [0.1, 0.15) is 5.84 Å². The standard InChI is InChI=1S/C26H25Cl2N5O2/c1-32(2)22-15-19(28)14-21(26(35)30-20-10-8-18(27)9-11-20)23(22)31-25(34)17-6-4-16(5-7-17)24-29-12-13-33(24)3/h4-11,14-15H,12-13H2,1-3H3,(H,30,35)(H,31,34). The number of hydrogen-bond acceptors (Lipinski definition) is 5. The topological polar surface area (TPSA) is 77.0 Å². The Morgan fingerprint density at radius 2 is 1.60 bits per heavy atom. The highest BCUT2D eigenvalue weighted by Gasteiger charge is 2.21. The SMILES string of the molecule is CN1CCN=C1c1ccc(C(=O)Nc2c(C(=O)Nc3ccc(Cl)cc3)cc(Cl)cc2N(C)C)cc1. The third kappa shape index (κ3) is 5.58. The van der Waals surface area contributed by atoms with Crippen LogP contribution in [0.4, 0.5) is 17.1 Å². The second-order valence-electron chi connectivity index (χ2n) is 8.36. The lowest BCUT2D eigenvalue weighted by Gasteiger charge is -2.21. The molecule has 0 saturated carbocycles. The van der Waals surface area contributed by atoms with E-state index in [4.69, 9.17) is 23.2 Å². The first-order valence-corrected chi connectivity index (χ1v) is 11.7. The molecule has 4 rings (SSSR count). The average molecular weight is 510 g/mol. The number of anilines is 3. The maximum Gasteiger partial charge on any atom is 0.257 e. The molecule has 35 heavy (non-hydrogen) atoms. The molecule has 0 saturated heterocycles. The van der Waals surface area contributed by atoms with E-state index < -0.39 is 5.91 Å². The van der Waals surface area contributed by atoms with Gasteiger partial charge in [-0.1, -0.05) is 35.3 Å². The van der Waals surface area contributed by atoms with Gasteiger partial charge in [0.05, 0.1) is 23.5 Å². The Morgan fingerprint density at radius 1 is 0.914 bits per heavy atom. The zero-order valence-electron chi connectivity index (χ0n) is 19.6. The fourth-order valence-corrected chi connectivity index (χ4v) is 4.13. The number of carbonyl (C=O) groups excluding carboxylic acids is 2. The quantitative estimate of drug-likeness (QED) is 0.475. The summed E-state index contributed by atoms with van der Waals surface area (Å²) in [5, 5.41) is 6.68. The van der Waals surface area contributed by atoms with E-state index in [0.29, 0.717) is 32.7 Å². The predicted molar refractivity (Wildman–Crippen MR) is 144 cm³/mol. The lowest BCUT2D eigenvalue weighted by atomic mass is 10.1. The van der Waals surface area contributed by atoms with Gasteiger partial charge in [-0.15, -0.1) is 0 Å². The number of benzene rings is 3. The van der Waals surface area contributed by atoms with Gasteiger partial charge >= 0.3 is 0 Å². The molecule has 3 aromatic rings. The Balaban J connectivity index is 1.63. The zero-order valence-corrected chi connectivity index (χ0v) is 21.1. The van der Waals surface area contributed by atoms with Crippen molar-refractivity contribution in [3.8, 4) is 0 Å². The third-order valence-corrected chi connectivity index (χ3v) is 6.08. The van der Waals surface area contributed by atoms with Crippen LogP contribution in [0.2, 0.25) is 10.0 Å². The predicted octanol–water partition coefficient (Wildman–Crippen LogP) is 5.26. The van der Waals surface area contributed by atoms with Gasteiger partial charge in [0.25, 0.3) is 11.8 Å². The number of amides is 2. The fourth-order valence-electron chi connectivity index (χ4n) is 3.79. The van der Waals surface area contributed by atoms with Crippen molar-refractivity contribution in [2.75, 3.05) is 49.8 Å². The molecule has 0 radical (unpaired) electrons. The molecule has 9 heteroatoms. The van der Waals surface area contributed by atoms with E-state index >= 15 is 0 Å². The molecule has 2 N–H and O–H groups in total. The van der Waals surface area contributed by atoms with E-state index in [1.807, 2.05) is 33.3 Å². The number of nitrogens with one attached hydrogen (secondary N) is 2. The molecule has 0 aliphatic carbocycles. The minimum Gasteiger partial charge on any atom is -0.376 e. The molecule has 180 valence electrons. The van der Waals surface area contributed by atoms with Crippen molar-refractivity contribution in [3.63, 3.8) is 0 Å². The van der Waals surface area contributed by atoms with E-state index in [9.17, 15) is 9.59 Å². The molecular formula is C26H25Cl2N5O2. The molecule has 0 aromatic heterocycles. The van der Waals surface area contributed by atoms with Gasteiger partial charge in [0.15, 0.2) is 0 Å². The molecule has 0 fully saturated rings. The largest absolute Gasteiger partial charge is 0.376 e. The molecule has 1 aliphatic heterocycles. The number of amidine groups is 1. The maximum atomic E-state index is 13.2. The van der Waals surface area contributed by atoms with Crippen LogP contribution in [0.3, 0.4) is 0 Å². The van der Waals surface area contributed by atoms with Gasteiger partial charge in [0.2, 0.25) is 0 Å². The van der Waals surface area contributed by atoms with Gasteiger partial charge in [-0.25, -0.2) is 0 Å². The molecule has 3 aromatic carbocycles. The van der Waals surface area contributed by atoms with Crippen LogP contribution < -0.4 is 15.5 Å². The van der Waals surface area contributed by atoms with Crippen LogP contribution >= 0.6 is 23.2 Å². The average Bonchev–Trinajstić information content (AvgIpc) is 3.27. The maximum absolute atomic E-state index is 13.2. The highest BCUT2D eigenvalue weighted by atomic mass is 35.5. The molecule has 0 bridgehead atoms. The lowest BCUT2D eigenvalue weighted by Crippen LogP contribution is -2.24. The van der Waals surface area contributed by atoms with E-state index in [1.165, 1.54) is 6.07 Å². The zero-order chi connectivity index (χ0) is 25.1. The minimum absolute atomic E-state index is 0.239. The fraction of sp³-hybridized carbons (Fsp3) is 0.192. The van der Waals surface area contributed by atoms with Crippen LogP contribution in [-0.4, -0.2) is 56.8 Å². The normalized spacial score (nSPS) is 12.8. The number of nitrogens with zero attached hydrogens (tertiary/aromatic N) is 3. The Kier molecular flexibility index (Phi) is 7.28. The summed E-state index contributed by atoms with van der Waals surface area (Å²) in [5.74, 6) is 0.154. The molecule has 2 amide bonds. The monoisotopic (exact) mass is 509 g/mol. The first kappa shape index (κ1) is 24.6. The Morgan fingerprint density at radius 3 is 2.20 bits per heavy atom. The second kappa shape index (κ2) is 10.4. The van der Waals surface area contributed by atoms with E-state index in [-0.39, 0.29) is 11.5 Å². The Labute approximate surface area is 214 Å². The van der Waals surface area contributed by atoms with Crippen molar-refractivity contribution in [3.05, 3.63) is 87.4 Å². The highest BCUT2D eigenvalue weighted by molar-refractivity contribution is 6.32. The summed E-state index contributed by atoms with van der Waals surface area (Å²) in [7, 11) is 5.62. The summed E-state index contributed by atoms with van der Waals surface area (Å²) in [5.41, 5.74) is 3.18. The molecule has 0 unspecified atom stereocenters. The van der Waals surface area contributed by atoms with Crippen molar-refractivity contribution in [2.45, 2.75) is 0 Å². The van der Waals surface area contributed by atoms with Crippen LogP contribution in [0.5, 0.6) is 0 Å². The number of halogens is 2. The van der Waals surface area contributed by atoms with E-state index in [0.717, 1.165) is 24.5 Å². The van der Waals surface area contributed by atoms with Crippen molar-refractivity contribution in [1.29, 1.82) is 0 Å². The molecule has 7 nitrogen and oxygen atoms in total.